The van der Waals surface area contributed by atoms with E-state index in [9.17, 15) is 4.79 Å². The Bertz CT molecular complexity index is 829. The van der Waals surface area contributed by atoms with Crippen LogP contribution in [0.15, 0.2) is 60.1 Å². The third-order valence-corrected chi connectivity index (χ3v) is 4.13. The minimum absolute atomic E-state index is 0.109. The second-order valence-electron chi connectivity index (χ2n) is 5.92. The quantitative estimate of drug-likeness (QED) is 0.659. The van der Waals surface area contributed by atoms with E-state index in [1.54, 1.807) is 30.5 Å². The summed E-state index contributed by atoms with van der Waals surface area (Å²) < 4.78 is 11.2. The molecule has 1 amide bonds. The van der Waals surface area contributed by atoms with Crippen molar-refractivity contribution in [1.29, 1.82) is 0 Å². The lowest BCUT2D eigenvalue weighted by Gasteiger charge is -2.10. The molecule has 3 rings (SSSR count). The van der Waals surface area contributed by atoms with Crippen LogP contribution in [0.2, 0.25) is 0 Å². The second kappa shape index (κ2) is 8.49. The monoisotopic (exact) mass is 368 g/mol. The van der Waals surface area contributed by atoms with Crippen LogP contribution in [0.5, 0.6) is 16.7 Å². The van der Waals surface area contributed by atoms with Gasteiger partial charge < -0.3 is 14.8 Å². The molecular formula is C20H20N2O3S. The molecule has 0 unspecified atom stereocenters. The number of nitrogens with zero attached hydrogens (tertiary/aromatic N) is 1. The van der Waals surface area contributed by atoms with Gasteiger partial charge in [-0.05, 0) is 55.8 Å². The highest BCUT2D eigenvalue weighted by Crippen LogP contribution is 2.23. The molecule has 3 aromatic rings. The number of hydrogen-bond acceptors (Lipinski definition) is 5. The largest absolute Gasteiger partial charge is 0.491 e. The normalized spacial score (nSPS) is 10.6. The molecule has 0 fully saturated rings. The molecule has 134 valence electrons. The minimum atomic E-state index is -0.121. The Hall–Kier alpha value is -2.86. The fourth-order valence-electron chi connectivity index (χ4n) is 2.28. The predicted molar refractivity (Wildman–Crippen MR) is 102 cm³/mol. The van der Waals surface area contributed by atoms with E-state index >= 15 is 0 Å². The number of thiazole rings is 1. The van der Waals surface area contributed by atoms with Crippen LogP contribution < -0.4 is 14.8 Å². The summed E-state index contributed by atoms with van der Waals surface area (Å²) in [5.74, 6) is 1.35. The predicted octanol–water partition coefficient (Wildman–Crippen LogP) is 4.65. The molecule has 0 aliphatic rings. The third-order valence-electron chi connectivity index (χ3n) is 3.48. The van der Waals surface area contributed by atoms with Crippen molar-refractivity contribution < 1.29 is 14.3 Å². The fraction of sp³-hybridized carbons (Fsp3) is 0.200. The molecule has 0 aliphatic heterocycles. The molecule has 1 N–H and O–H groups in total. The summed E-state index contributed by atoms with van der Waals surface area (Å²) in [6, 6.07) is 14.7. The van der Waals surface area contributed by atoms with Crippen LogP contribution >= 0.6 is 11.3 Å². The maximum atomic E-state index is 12.2. The first-order valence-electron chi connectivity index (χ1n) is 8.31. The van der Waals surface area contributed by atoms with Crippen LogP contribution in [0.25, 0.3) is 0 Å². The van der Waals surface area contributed by atoms with Gasteiger partial charge in [0.15, 0.2) is 0 Å². The molecule has 5 nitrogen and oxygen atoms in total. The first kappa shape index (κ1) is 17.9. The van der Waals surface area contributed by atoms with Crippen LogP contribution in [0, 0.1) is 0 Å². The van der Waals surface area contributed by atoms with Gasteiger partial charge in [0, 0.05) is 23.7 Å². The number of hydrogen-bond donors (Lipinski definition) is 1. The van der Waals surface area contributed by atoms with E-state index in [1.807, 2.05) is 43.5 Å². The van der Waals surface area contributed by atoms with Crippen molar-refractivity contribution in [2.24, 2.45) is 0 Å². The molecule has 0 saturated heterocycles. The van der Waals surface area contributed by atoms with E-state index in [0.29, 0.717) is 17.3 Å². The number of rotatable bonds is 7. The molecule has 0 bridgehead atoms. The summed E-state index contributed by atoms with van der Waals surface area (Å²) in [5, 5.41) is 5.38. The zero-order valence-corrected chi connectivity index (χ0v) is 15.5. The number of carbonyl (C=O) groups is 1. The Morgan fingerprint density at radius 3 is 2.38 bits per heavy atom. The highest BCUT2D eigenvalue weighted by molar-refractivity contribution is 7.11. The van der Waals surface area contributed by atoms with Crippen LogP contribution in [0.4, 0.5) is 0 Å². The van der Waals surface area contributed by atoms with E-state index < -0.39 is 0 Å². The number of aromatic nitrogens is 1. The van der Waals surface area contributed by atoms with Gasteiger partial charge in [0.1, 0.15) is 11.5 Å². The summed E-state index contributed by atoms with van der Waals surface area (Å²) in [4.78, 5) is 16.3. The summed E-state index contributed by atoms with van der Waals surface area (Å²) in [7, 11) is 0. The molecule has 0 aliphatic carbocycles. The maximum Gasteiger partial charge on any atom is 0.278 e. The Morgan fingerprint density at radius 1 is 1.08 bits per heavy atom. The number of nitrogens with one attached hydrogen (secondary N) is 1. The van der Waals surface area contributed by atoms with Crippen molar-refractivity contribution in [3.8, 4) is 16.7 Å². The molecule has 0 radical (unpaired) electrons. The highest BCUT2D eigenvalue weighted by atomic mass is 32.1. The van der Waals surface area contributed by atoms with Crippen LogP contribution in [0.3, 0.4) is 0 Å². The lowest BCUT2D eigenvalue weighted by Crippen LogP contribution is -2.22. The van der Waals surface area contributed by atoms with Gasteiger partial charge in [-0.25, -0.2) is 4.98 Å². The molecule has 6 heteroatoms. The van der Waals surface area contributed by atoms with E-state index in [4.69, 9.17) is 9.47 Å². The minimum Gasteiger partial charge on any atom is -0.491 e. The van der Waals surface area contributed by atoms with Crippen molar-refractivity contribution >= 4 is 17.2 Å². The van der Waals surface area contributed by atoms with Crippen LogP contribution in [-0.2, 0) is 6.54 Å². The van der Waals surface area contributed by atoms with Gasteiger partial charge in [0.05, 0.1) is 6.10 Å². The van der Waals surface area contributed by atoms with Crippen molar-refractivity contribution in [2.75, 3.05) is 0 Å². The SMILES string of the molecule is CC(C)Oc1ccc(C(=O)NCc2ccc(Oc3nccs3)cc2)cc1. The number of ether oxygens (including phenoxy) is 2. The van der Waals surface area contributed by atoms with Gasteiger partial charge in [-0.3, -0.25) is 4.79 Å². The van der Waals surface area contributed by atoms with E-state index in [-0.39, 0.29) is 12.0 Å². The summed E-state index contributed by atoms with van der Waals surface area (Å²) in [6.07, 6.45) is 1.81. The van der Waals surface area contributed by atoms with Crippen molar-refractivity contribution in [1.82, 2.24) is 10.3 Å². The van der Waals surface area contributed by atoms with E-state index in [2.05, 4.69) is 10.3 Å². The van der Waals surface area contributed by atoms with E-state index in [1.165, 1.54) is 11.3 Å². The van der Waals surface area contributed by atoms with Gasteiger partial charge in [0.25, 0.3) is 11.1 Å². The first-order valence-corrected chi connectivity index (χ1v) is 9.19. The maximum absolute atomic E-state index is 12.2. The molecule has 0 atom stereocenters. The third kappa shape index (κ3) is 5.07. The average molecular weight is 368 g/mol. The van der Waals surface area contributed by atoms with Gasteiger partial charge in [-0.15, -0.1) is 0 Å². The van der Waals surface area contributed by atoms with Gasteiger partial charge in [-0.1, -0.05) is 23.5 Å². The van der Waals surface area contributed by atoms with Crippen molar-refractivity contribution in [2.45, 2.75) is 26.5 Å². The van der Waals surface area contributed by atoms with Gasteiger partial charge >= 0.3 is 0 Å². The molecule has 1 heterocycles. The van der Waals surface area contributed by atoms with Crippen molar-refractivity contribution in [3.63, 3.8) is 0 Å². The molecule has 26 heavy (non-hydrogen) atoms. The summed E-state index contributed by atoms with van der Waals surface area (Å²) >= 11 is 1.44. The zero-order valence-electron chi connectivity index (χ0n) is 14.6. The Balaban J connectivity index is 1.52. The topological polar surface area (TPSA) is 60.5 Å². The van der Waals surface area contributed by atoms with Gasteiger partial charge in [0.2, 0.25) is 0 Å². The zero-order chi connectivity index (χ0) is 18.4. The fourth-order valence-corrected chi connectivity index (χ4v) is 2.78. The Kier molecular flexibility index (Phi) is 5.86. The Morgan fingerprint density at radius 2 is 1.77 bits per heavy atom. The summed E-state index contributed by atoms with van der Waals surface area (Å²) in [6.45, 7) is 4.38. The van der Waals surface area contributed by atoms with Crippen molar-refractivity contribution in [3.05, 3.63) is 71.2 Å². The number of carbonyl (C=O) groups excluding carboxylic acids is 1. The smallest absolute Gasteiger partial charge is 0.278 e. The molecular weight excluding hydrogens is 348 g/mol. The Labute approximate surface area is 156 Å². The first-order chi connectivity index (χ1) is 12.6. The second-order valence-corrected chi connectivity index (χ2v) is 6.77. The highest BCUT2D eigenvalue weighted by Gasteiger charge is 2.07. The molecule has 0 spiro atoms. The summed E-state index contributed by atoms with van der Waals surface area (Å²) in [5.41, 5.74) is 1.59. The lowest BCUT2D eigenvalue weighted by molar-refractivity contribution is 0.0951. The molecule has 1 aromatic heterocycles. The van der Waals surface area contributed by atoms with E-state index in [0.717, 1.165) is 17.1 Å². The van der Waals surface area contributed by atoms with Crippen LogP contribution in [0.1, 0.15) is 29.8 Å². The lowest BCUT2D eigenvalue weighted by atomic mass is 10.2. The number of amides is 1. The average Bonchev–Trinajstić information content (AvgIpc) is 3.14. The number of benzene rings is 2. The standard InChI is InChI=1S/C20H20N2O3S/c1-14(2)24-17-9-5-16(6-10-17)19(23)22-13-15-3-7-18(8-4-15)25-20-21-11-12-26-20/h3-12,14H,13H2,1-2H3,(H,22,23). The van der Waals surface area contributed by atoms with Gasteiger partial charge in [-0.2, -0.15) is 0 Å². The van der Waals surface area contributed by atoms with Crippen LogP contribution in [-0.4, -0.2) is 17.0 Å². The molecule has 2 aromatic carbocycles. The molecule has 0 saturated carbocycles.